The number of hydrogen-bond donors (Lipinski definition) is 0. The largest absolute Gasteiger partial charge is 0.378 e. The zero-order chi connectivity index (χ0) is 24.2. The maximum Gasteiger partial charge on any atom is 0.240 e. The molecule has 1 fully saturated rings. The maximum atomic E-state index is 15.0. The van der Waals surface area contributed by atoms with Gasteiger partial charge in [-0.15, -0.1) is 10.2 Å². The summed E-state index contributed by atoms with van der Waals surface area (Å²) in [7, 11) is 0. The van der Waals surface area contributed by atoms with Crippen molar-refractivity contribution in [2.45, 2.75) is 10.4 Å². The molecule has 1 amide bonds. The molecule has 1 atom stereocenters. The third-order valence-corrected chi connectivity index (χ3v) is 6.87. The third-order valence-electron chi connectivity index (χ3n) is 5.69. The normalized spacial score (nSPS) is 14.6. The predicted molar refractivity (Wildman–Crippen MR) is 129 cm³/mol. The van der Waals surface area contributed by atoms with E-state index in [0.717, 1.165) is 11.6 Å². The number of rotatable bonds is 6. The number of hydrogen-bond acceptors (Lipinski definition) is 5. The van der Waals surface area contributed by atoms with Crippen LogP contribution >= 0.6 is 11.8 Å². The number of carbonyl (C=O) groups is 1. The second kappa shape index (κ2) is 10.4. The third kappa shape index (κ3) is 4.96. The molecule has 0 N–H and O–H groups in total. The Balaban J connectivity index is 1.60. The van der Waals surface area contributed by atoms with Crippen LogP contribution in [-0.4, -0.2) is 51.9 Å². The molecule has 0 spiro atoms. The van der Waals surface area contributed by atoms with Crippen LogP contribution in [0.1, 0.15) is 10.8 Å². The Morgan fingerprint density at radius 3 is 2.29 bits per heavy atom. The van der Waals surface area contributed by atoms with Gasteiger partial charge in [0.05, 0.1) is 18.9 Å². The summed E-state index contributed by atoms with van der Waals surface area (Å²) in [6.07, 6.45) is 0. The van der Waals surface area contributed by atoms with Gasteiger partial charge in [-0.3, -0.25) is 9.36 Å². The van der Waals surface area contributed by atoms with Gasteiger partial charge in [-0.2, -0.15) is 0 Å². The second-order valence-corrected chi connectivity index (χ2v) is 9.02. The smallest absolute Gasteiger partial charge is 0.240 e. The van der Waals surface area contributed by atoms with Gasteiger partial charge in [0.2, 0.25) is 5.91 Å². The number of aromatic nitrogens is 3. The van der Waals surface area contributed by atoms with E-state index in [0.29, 0.717) is 42.8 Å². The van der Waals surface area contributed by atoms with Gasteiger partial charge in [0.15, 0.2) is 11.0 Å². The topological polar surface area (TPSA) is 60.2 Å². The van der Waals surface area contributed by atoms with Crippen molar-refractivity contribution in [3.63, 3.8) is 0 Å². The van der Waals surface area contributed by atoms with Crippen LogP contribution in [0.3, 0.4) is 0 Å². The maximum absolute atomic E-state index is 15.0. The number of nitrogens with zero attached hydrogens (tertiary/aromatic N) is 4. The van der Waals surface area contributed by atoms with Crippen LogP contribution in [0.15, 0.2) is 84.0 Å². The Kier molecular flexibility index (Phi) is 6.87. The summed E-state index contributed by atoms with van der Waals surface area (Å²) < 4.78 is 35.6. The Bertz CT molecular complexity index is 1310. The monoisotopic (exact) mass is 492 g/mol. The zero-order valence-electron chi connectivity index (χ0n) is 18.7. The summed E-state index contributed by atoms with van der Waals surface area (Å²) in [5, 5.41) is 8.37. The standard InChI is InChI=1S/C26H22F2N4O2S/c27-20-11-12-22(21(28)17-20)32-24(19-9-5-2-6-10-19)29-30-26(32)35-23(18-7-3-1-4-8-18)25(33)31-13-15-34-16-14-31/h1-12,17,23H,13-16H2. The second-order valence-electron chi connectivity index (χ2n) is 7.95. The number of morpholine rings is 1. The van der Waals surface area contributed by atoms with Crippen molar-refractivity contribution in [2.75, 3.05) is 26.3 Å². The summed E-state index contributed by atoms with van der Waals surface area (Å²) in [5.41, 5.74) is 1.61. The number of thioether (sulfide) groups is 1. The molecular weight excluding hydrogens is 470 g/mol. The van der Waals surface area contributed by atoms with Gasteiger partial charge in [0, 0.05) is 24.7 Å². The fourth-order valence-corrected chi connectivity index (χ4v) is 5.08. The molecule has 1 aliphatic heterocycles. The van der Waals surface area contributed by atoms with Crippen LogP contribution < -0.4 is 0 Å². The minimum atomic E-state index is -0.750. The summed E-state index contributed by atoms with van der Waals surface area (Å²) in [5.74, 6) is -1.12. The van der Waals surface area contributed by atoms with E-state index in [1.165, 1.54) is 28.5 Å². The van der Waals surface area contributed by atoms with Gasteiger partial charge >= 0.3 is 0 Å². The molecule has 0 saturated carbocycles. The first-order valence-corrected chi connectivity index (χ1v) is 12.0. The van der Waals surface area contributed by atoms with Gasteiger partial charge in [-0.05, 0) is 17.7 Å². The van der Waals surface area contributed by atoms with Crippen molar-refractivity contribution < 1.29 is 18.3 Å². The molecular formula is C26H22F2N4O2S. The Morgan fingerprint density at radius 1 is 0.914 bits per heavy atom. The fraction of sp³-hybridized carbons (Fsp3) is 0.192. The summed E-state index contributed by atoms with van der Waals surface area (Å²) in [6, 6.07) is 22.0. The van der Waals surface area contributed by atoms with Gasteiger partial charge in [0.25, 0.3) is 0 Å². The molecule has 0 bridgehead atoms. The molecule has 1 aromatic heterocycles. The zero-order valence-corrected chi connectivity index (χ0v) is 19.5. The van der Waals surface area contributed by atoms with Gasteiger partial charge in [-0.1, -0.05) is 72.4 Å². The van der Waals surface area contributed by atoms with Crippen molar-refractivity contribution >= 4 is 17.7 Å². The molecule has 3 aromatic carbocycles. The highest BCUT2D eigenvalue weighted by atomic mass is 32.2. The van der Waals surface area contributed by atoms with Crippen molar-refractivity contribution in [1.29, 1.82) is 0 Å². The van der Waals surface area contributed by atoms with Crippen molar-refractivity contribution in [3.8, 4) is 17.1 Å². The lowest BCUT2D eigenvalue weighted by atomic mass is 10.1. The molecule has 1 aliphatic rings. The summed E-state index contributed by atoms with van der Waals surface area (Å²) in [6.45, 7) is 1.95. The first-order valence-electron chi connectivity index (χ1n) is 11.2. The van der Waals surface area contributed by atoms with Gasteiger partial charge < -0.3 is 9.64 Å². The number of benzene rings is 3. The average Bonchev–Trinajstić information content (AvgIpc) is 3.32. The first-order chi connectivity index (χ1) is 17.1. The number of ether oxygens (including phenoxy) is 1. The highest BCUT2D eigenvalue weighted by molar-refractivity contribution is 8.00. The number of carbonyl (C=O) groups excluding carboxylic acids is 1. The molecule has 35 heavy (non-hydrogen) atoms. The Labute approximate surface area is 205 Å². The lowest BCUT2D eigenvalue weighted by Crippen LogP contribution is -2.42. The van der Waals surface area contributed by atoms with E-state index in [1.54, 1.807) is 4.90 Å². The molecule has 0 aliphatic carbocycles. The van der Waals surface area contributed by atoms with E-state index < -0.39 is 16.9 Å². The van der Waals surface area contributed by atoms with Crippen LogP contribution in [0.2, 0.25) is 0 Å². The SMILES string of the molecule is O=C(C(Sc1nnc(-c2ccccc2)n1-c1ccc(F)cc1F)c1ccccc1)N1CCOCC1. The van der Waals surface area contributed by atoms with Crippen molar-refractivity contribution in [1.82, 2.24) is 19.7 Å². The van der Waals surface area contributed by atoms with Gasteiger partial charge in [0.1, 0.15) is 16.9 Å². The lowest BCUT2D eigenvalue weighted by Gasteiger charge is -2.30. The van der Waals surface area contributed by atoms with Crippen LogP contribution in [0.4, 0.5) is 8.78 Å². The van der Waals surface area contributed by atoms with Crippen LogP contribution in [0.5, 0.6) is 0 Å². The molecule has 2 heterocycles. The van der Waals surface area contributed by atoms with E-state index >= 15 is 0 Å². The van der Waals surface area contributed by atoms with E-state index in [4.69, 9.17) is 4.74 Å². The predicted octanol–water partition coefficient (Wildman–Crippen LogP) is 4.90. The molecule has 1 unspecified atom stereocenters. The van der Waals surface area contributed by atoms with Crippen LogP contribution in [0, 0.1) is 11.6 Å². The quantitative estimate of drug-likeness (QED) is 0.358. The van der Waals surface area contributed by atoms with Crippen molar-refractivity contribution in [3.05, 3.63) is 96.1 Å². The summed E-state index contributed by atoms with van der Waals surface area (Å²) in [4.78, 5) is 15.4. The lowest BCUT2D eigenvalue weighted by molar-refractivity contribution is -0.134. The fourth-order valence-electron chi connectivity index (χ4n) is 3.94. The minimum Gasteiger partial charge on any atom is -0.378 e. The summed E-state index contributed by atoms with van der Waals surface area (Å²) >= 11 is 1.19. The molecule has 9 heteroatoms. The molecule has 1 saturated heterocycles. The van der Waals surface area contributed by atoms with Crippen molar-refractivity contribution in [2.24, 2.45) is 0 Å². The Morgan fingerprint density at radius 2 is 1.60 bits per heavy atom. The highest BCUT2D eigenvalue weighted by Gasteiger charge is 2.31. The Hall–Kier alpha value is -3.56. The van der Waals surface area contributed by atoms with Crippen LogP contribution in [0.25, 0.3) is 17.1 Å². The van der Waals surface area contributed by atoms with E-state index in [9.17, 15) is 13.6 Å². The average molecular weight is 493 g/mol. The molecule has 6 nitrogen and oxygen atoms in total. The molecule has 0 radical (unpaired) electrons. The molecule has 4 aromatic rings. The first kappa shape index (κ1) is 23.2. The molecule has 5 rings (SSSR count). The number of amides is 1. The molecule has 178 valence electrons. The van der Waals surface area contributed by atoms with Gasteiger partial charge in [-0.25, -0.2) is 8.78 Å². The van der Waals surface area contributed by atoms with E-state index in [2.05, 4.69) is 10.2 Å². The number of halogens is 2. The van der Waals surface area contributed by atoms with E-state index in [1.807, 2.05) is 60.7 Å². The minimum absolute atomic E-state index is 0.0834. The van der Waals surface area contributed by atoms with Crippen LogP contribution in [-0.2, 0) is 9.53 Å². The highest BCUT2D eigenvalue weighted by Crippen LogP contribution is 2.39. The van der Waals surface area contributed by atoms with E-state index in [-0.39, 0.29) is 11.6 Å².